The summed E-state index contributed by atoms with van der Waals surface area (Å²) >= 11 is 2.00. The molecule has 0 saturated carbocycles. The smallest absolute Gasteiger partial charge is 0.349 e. The molecular formula is C21H26IN5O4. The summed E-state index contributed by atoms with van der Waals surface area (Å²) in [5.41, 5.74) is 2.52. The quantitative estimate of drug-likeness (QED) is 0.146. The molecule has 0 bridgehead atoms. The number of aromatic amines is 1. The van der Waals surface area contributed by atoms with Crippen LogP contribution in [0.1, 0.15) is 37.7 Å². The van der Waals surface area contributed by atoms with Gasteiger partial charge in [-0.3, -0.25) is 14.6 Å². The van der Waals surface area contributed by atoms with E-state index in [9.17, 15) is 14.4 Å². The predicted molar refractivity (Wildman–Crippen MR) is 128 cm³/mol. The molecule has 2 aliphatic rings. The van der Waals surface area contributed by atoms with Crippen LogP contribution in [0.5, 0.6) is 0 Å². The molecule has 0 fully saturated rings. The number of ether oxygens (including phenoxy) is 1. The van der Waals surface area contributed by atoms with Crippen LogP contribution >= 0.6 is 22.6 Å². The minimum absolute atomic E-state index is 0.158. The lowest BCUT2D eigenvalue weighted by Gasteiger charge is -2.21. The van der Waals surface area contributed by atoms with Crippen molar-refractivity contribution in [2.75, 3.05) is 23.6 Å². The Kier molecular flexibility index (Phi) is 7.63. The number of rotatable bonds is 9. The molecule has 0 amide bonds. The van der Waals surface area contributed by atoms with E-state index >= 15 is 0 Å². The predicted octanol–water partition coefficient (Wildman–Crippen LogP) is 2.85. The monoisotopic (exact) mass is 539 g/mol. The van der Waals surface area contributed by atoms with Crippen LogP contribution in [0, 0.1) is 6.92 Å². The normalized spacial score (nSPS) is 11.2. The second-order valence-electron chi connectivity index (χ2n) is 7.62. The Bertz CT molecular complexity index is 1170. The lowest BCUT2D eigenvalue weighted by molar-refractivity contribution is -0.141. The Labute approximate surface area is 193 Å². The van der Waals surface area contributed by atoms with Crippen LogP contribution in [0.2, 0.25) is 0 Å². The number of fused-ring (bicyclic) bond motifs is 2. The summed E-state index contributed by atoms with van der Waals surface area (Å²) in [5.74, 6) is 0.119. The van der Waals surface area contributed by atoms with Crippen molar-refractivity contribution in [2.45, 2.75) is 45.6 Å². The van der Waals surface area contributed by atoms with Crippen LogP contribution in [0.4, 0.5) is 5.69 Å². The topological polar surface area (TPSA) is 110 Å². The van der Waals surface area contributed by atoms with Crippen molar-refractivity contribution in [1.29, 1.82) is 0 Å². The Balaban J connectivity index is 1.91. The van der Waals surface area contributed by atoms with E-state index in [-0.39, 0.29) is 11.7 Å². The van der Waals surface area contributed by atoms with Crippen LogP contribution in [-0.4, -0.2) is 44.2 Å². The van der Waals surface area contributed by atoms with Crippen molar-refractivity contribution in [1.82, 2.24) is 19.5 Å². The Morgan fingerprint density at radius 1 is 1.16 bits per heavy atom. The molecule has 2 heterocycles. The third-order valence-corrected chi connectivity index (χ3v) is 5.45. The van der Waals surface area contributed by atoms with E-state index < -0.39 is 11.2 Å². The zero-order chi connectivity index (χ0) is 22.5. The highest BCUT2D eigenvalue weighted by Crippen LogP contribution is 2.28. The lowest BCUT2D eigenvalue weighted by Crippen LogP contribution is -2.29. The molecule has 0 aliphatic carbocycles. The molecule has 31 heavy (non-hydrogen) atoms. The van der Waals surface area contributed by atoms with Crippen LogP contribution in [0.3, 0.4) is 0 Å². The van der Waals surface area contributed by atoms with E-state index in [0.717, 1.165) is 42.5 Å². The van der Waals surface area contributed by atoms with E-state index in [0.29, 0.717) is 28.9 Å². The van der Waals surface area contributed by atoms with Gasteiger partial charge in [0, 0.05) is 32.7 Å². The molecule has 2 aliphatic heterocycles. The molecule has 9 nitrogen and oxygen atoms in total. The second-order valence-corrected chi connectivity index (χ2v) is 8.24. The van der Waals surface area contributed by atoms with Crippen molar-refractivity contribution >= 4 is 45.3 Å². The third-order valence-electron chi connectivity index (χ3n) is 5.14. The number of nitrogens with one attached hydrogen (secondary N) is 1. The number of alkyl halides is 1. The van der Waals surface area contributed by atoms with Crippen LogP contribution in [-0.2, 0) is 16.1 Å². The van der Waals surface area contributed by atoms with Gasteiger partial charge in [0.05, 0.1) is 11.0 Å². The molecule has 0 saturated heterocycles. The van der Waals surface area contributed by atoms with Crippen molar-refractivity contribution in [3.63, 3.8) is 0 Å². The summed E-state index contributed by atoms with van der Waals surface area (Å²) in [6.45, 7) is 2.58. The summed E-state index contributed by atoms with van der Waals surface area (Å²) in [6.07, 6.45) is 3.79. The van der Waals surface area contributed by atoms with E-state index in [1.54, 1.807) is 0 Å². The highest BCUT2D eigenvalue weighted by Gasteiger charge is 2.19. The average Bonchev–Trinajstić information content (AvgIpc) is 2.70. The maximum atomic E-state index is 12.4. The fourth-order valence-corrected chi connectivity index (χ4v) is 4.02. The molecule has 0 radical (unpaired) electrons. The molecule has 0 atom stereocenters. The first-order valence-corrected chi connectivity index (χ1v) is 11.7. The number of unbranched alkanes of at least 4 members (excludes halogenated alkanes) is 3. The zero-order valence-corrected chi connectivity index (χ0v) is 20.1. The standard InChI is InChI=1S/C21H26IN5O4/c1-13-10-14-16(11-15(13)26(2)3)27(9-7-5-4-6-8-17(28)31-12-22)19-18(23-14)20(29)25-21(30)24-19/h10-11H,4-9,12H2,1-3H3,(H,25,29,30). The number of hydrogen-bond acceptors (Lipinski definition) is 7. The summed E-state index contributed by atoms with van der Waals surface area (Å²) in [7, 11) is 3.93. The first kappa shape index (κ1) is 23.2. The zero-order valence-electron chi connectivity index (χ0n) is 17.9. The summed E-state index contributed by atoms with van der Waals surface area (Å²) in [5, 5.41) is 0. The van der Waals surface area contributed by atoms with Gasteiger partial charge < -0.3 is 14.2 Å². The van der Waals surface area contributed by atoms with Gasteiger partial charge in [0.25, 0.3) is 5.56 Å². The maximum Gasteiger partial charge on any atom is 0.349 e. The number of H-pyrrole nitrogens is 1. The number of carbonyl (C=O) groups excluding carboxylic acids is 1. The highest BCUT2D eigenvalue weighted by molar-refractivity contribution is 14.1. The number of nitrogens with zero attached hydrogens (tertiary/aromatic N) is 4. The van der Waals surface area contributed by atoms with Crippen molar-refractivity contribution in [3.05, 3.63) is 38.5 Å². The average molecular weight is 539 g/mol. The Hall–Kier alpha value is -2.50. The minimum Gasteiger partial charge on any atom is -0.455 e. The number of esters is 1. The Morgan fingerprint density at radius 2 is 1.90 bits per heavy atom. The van der Waals surface area contributed by atoms with Crippen LogP contribution in [0.25, 0.3) is 22.6 Å². The first-order chi connectivity index (χ1) is 14.8. The van der Waals surface area contributed by atoms with E-state index in [2.05, 4.69) is 15.0 Å². The number of halogens is 1. The van der Waals surface area contributed by atoms with E-state index in [1.807, 2.05) is 65.2 Å². The highest BCUT2D eigenvalue weighted by atomic mass is 127. The molecule has 1 aromatic carbocycles. The summed E-state index contributed by atoms with van der Waals surface area (Å²) < 4.78 is 7.22. The molecule has 0 aromatic heterocycles. The van der Waals surface area contributed by atoms with E-state index in [1.165, 1.54) is 0 Å². The van der Waals surface area contributed by atoms with Gasteiger partial charge in [0.2, 0.25) is 0 Å². The van der Waals surface area contributed by atoms with Gasteiger partial charge in [0.15, 0.2) is 11.5 Å². The van der Waals surface area contributed by atoms with Gasteiger partial charge in [-0.25, -0.2) is 9.78 Å². The minimum atomic E-state index is -0.680. The van der Waals surface area contributed by atoms with Crippen LogP contribution < -0.4 is 16.1 Å². The molecule has 166 valence electrons. The Morgan fingerprint density at radius 3 is 2.61 bits per heavy atom. The molecule has 1 N–H and O–H groups in total. The van der Waals surface area contributed by atoms with Crippen molar-refractivity contribution in [3.8, 4) is 11.5 Å². The SMILES string of the molecule is Cc1cc2nc3c(=O)[nH]c(=O)nc-3n(CCCCCCC(=O)OCI)c2cc1N(C)C. The number of anilines is 1. The number of aromatic nitrogens is 4. The van der Waals surface area contributed by atoms with Crippen molar-refractivity contribution < 1.29 is 9.53 Å². The van der Waals surface area contributed by atoms with Crippen LogP contribution in [0.15, 0.2) is 21.7 Å². The van der Waals surface area contributed by atoms with Gasteiger partial charge in [-0.05, 0) is 60.1 Å². The number of carbonyl (C=O) groups is 1. The molecule has 0 spiro atoms. The summed E-state index contributed by atoms with van der Waals surface area (Å²) in [4.78, 5) is 48.5. The van der Waals surface area contributed by atoms with Gasteiger partial charge in [-0.2, -0.15) is 4.98 Å². The number of hydrogen-bond donors (Lipinski definition) is 1. The fraction of sp³-hybridized carbons (Fsp3) is 0.476. The fourth-order valence-electron chi connectivity index (χ4n) is 3.67. The second kappa shape index (κ2) is 10.2. The van der Waals surface area contributed by atoms with Gasteiger partial charge in [-0.1, -0.05) is 12.8 Å². The molecule has 10 heteroatoms. The number of benzene rings is 1. The first-order valence-electron chi connectivity index (χ1n) is 10.2. The lowest BCUT2D eigenvalue weighted by atomic mass is 10.1. The maximum absolute atomic E-state index is 12.4. The van der Waals surface area contributed by atoms with Crippen molar-refractivity contribution in [2.24, 2.45) is 0 Å². The molecule has 1 aromatic rings. The number of aryl methyl sites for hydroxylation is 2. The molecular weight excluding hydrogens is 513 g/mol. The largest absolute Gasteiger partial charge is 0.455 e. The molecule has 3 rings (SSSR count). The van der Waals surface area contributed by atoms with Gasteiger partial charge in [0.1, 0.15) is 4.61 Å². The third kappa shape index (κ3) is 5.41. The van der Waals surface area contributed by atoms with Gasteiger partial charge >= 0.3 is 11.7 Å². The summed E-state index contributed by atoms with van der Waals surface area (Å²) in [6, 6.07) is 3.97. The van der Waals surface area contributed by atoms with Gasteiger partial charge in [-0.15, -0.1) is 0 Å². The molecule has 0 unspecified atom stereocenters. The van der Waals surface area contributed by atoms with E-state index in [4.69, 9.17) is 4.74 Å².